The van der Waals surface area contributed by atoms with Gasteiger partial charge in [-0.1, -0.05) is 37.8 Å². The molecule has 0 radical (unpaired) electrons. The van der Waals surface area contributed by atoms with Gasteiger partial charge in [-0.2, -0.15) is 0 Å². The summed E-state index contributed by atoms with van der Waals surface area (Å²) in [6, 6.07) is 2.50. The third kappa shape index (κ3) is 4.86. The number of unbranched alkanes of at least 4 members (excludes halogenated alkanes) is 1. The van der Waals surface area contributed by atoms with E-state index in [-0.39, 0.29) is 0 Å². The molecule has 2 rings (SSSR count). The van der Waals surface area contributed by atoms with Gasteiger partial charge in [-0.05, 0) is 37.7 Å². The van der Waals surface area contributed by atoms with Gasteiger partial charge < -0.3 is 10.1 Å². The predicted octanol–water partition coefficient (Wildman–Crippen LogP) is 5.04. The number of rotatable bonds is 7. The number of nitrogens with one attached hydrogen (secondary N) is 1. The average Bonchev–Trinajstić information content (AvgIpc) is 2.51. The molecule has 1 fully saturated rings. The highest BCUT2D eigenvalue weighted by molar-refractivity contribution is 6.33. The minimum atomic E-state index is 0.456. The second-order valence-corrected chi connectivity index (χ2v) is 6.43. The molecule has 1 aliphatic carbocycles. The first-order valence-corrected chi connectivity index (χ1v) is 8.51. The molecule has 21 heavy (non-hydrogen) atoms. The van der Waals surface area contributed by atoms with E-state index in [2.05, 4.69) is 17.2 Å². The van der Waals surface area contributed by atoms with Crippen LogP contribution in [0.4, 0.5) is 5.69 Å². The number of halogens is 1. The summed E-state index contributed by atoms with van der Waals surface area (Å²) < 4.78 is 5.13. The number of hydrogen-bond donors (Lipinski definition) is 1. The van der Waals surface area contributed by atoms with E-state index in [9.17, 15) is 0 Å². The Balaban J connectivity index is 1.87. The Labute approximate surface area is 133 Å². The summed E-state index contributed by atoms with van der Waals surface area (Å²) >= 11 is 6.40. The largest absolute Gasteiger partial charge is 0.381 e. The van der Waals surface area contributed by atoms with Crippen molar-refractivity contribution in [2.75, 3.05) is 12.4 Å². The van der Waals surface area contributed by atoms with E-state index in [0.717, 1.165) is 17.3 Å². The van der Waals surface area contributed by atoms with Crippen molar-refractivity contribution in [2.24, 2.45) is 5.92 Å². The normalized spacial score (nSPS) is 22.2. The summed E-state index contributed by atoms with van der Waals surface area (Å²) in [5.41, 5.74) is 1.80. The van der Waals surface area contributed by atoms with Crippen molar-refractivity contribution in [1.82, 2.24) is 4.98 Å². The Hall–Kier alpha value is -0.800. The lowest BCUT2D eigenvalue weighted by Crippen LogP contribution is -2.26. The molecule has 0 aliphatic heterocycles. The van der Waals surface area contributed by atoms with Gasteiger partial charge in [-0.15, -0.1) is 0 Å². The Kier molecular flexibility index (Phi) is 6.78. The van der Waals surface area contributed by atoms with E-state index in [4.69, 9.17) is 16.3 Å². The highest BCUT2D eigenvalue weighted by atomic mass is 35.5. The second kappa shape index (κ2) is 8.60. The SMILES string of the molecule is CCCC[C@H]1CC[C@@H](Nc2ccnc(COC)c2Cl)CC1. The lowest BCUT2D eigenvalue weighted by molar-refractivity contribution is 0.181. The lowest BCUT2D eigenvalue weighted by atomic mass is 9.83. The third-order valence-corrected chi connectivity index (χ3v) is 4.84. The Morgan fingerprint density at radius 2 is 2.10 bits per heavy atom. The van der Waals surface area contributed by atoms with Gasteiger partial charge in [-0.25, -0.2) is 0 Å². The van der Waals surface area contributed by atoms with Crippen molar-refractivity contribution in [1.29, 1.82) is 0 Å². The molecule has 1 N–H and O–H groups in total. The van der Waals surface area contributed by atoms with E-state index < -0.39 is 0 Å². The smallest absolute Gasteiger partial charge is 0.0900 e. The van der Waals surface area contributed by atoms with Crippen molar-refractivity contribution in [3.05, 3.63) is 23.0 Å². The second-order valence-electron chi connectivity index (χ2n) is 6.06. The van der Waals surface area contributed by atoms with E-state index in [1.165, 1.54) is 44.9 Å². The van der Waals surface area contributed by atoms with Crippen molar-refractivity contribution >= 4 is 17.3 Å². The minimum absolute atomic E-state index is 0.456. The van der Waals surface area contributed by atoms with Gasteiger partial charge in [0.25, 0.3) is 0 Å². The molecule has 0 bridgehead atoms. The minimum Gasteiger partial charge on any atom is -0.381 e. The van der Waals surface area contributed by atoms with Gasteiger partial charge in [0.05, 0.1) is 23.0 Å². The first-order valence-electron chi connectivity index (χ1n) is 8.13. The summed E-state index contributed by atoms with van der Waals surface area (Å²) in [5.74, 6) is 0.931. The first kappa shape index (κ1) is 16.6. The van der Waals surface area contributed by atoms with Gasteiger partial charge in [0.1, 0.15) is 0 Å². The highest BCUT2D eigenvalue weighted by Gasteiger charge is 2.21. The summed E-state index contributed by atoms with van der Waals surface area (Å²) in [5, 5.41) is 4.30. The average molecular weight is 311 g/mol. The molecule has 1 aliphatic rings. The van der Waals surface area contributed by atoms with Crippen LogP contribution in [0.15, 0.2) is 12.3 Å². The van der Waals surface area contributed by atoms with Gasteiger partial charge >= 0.3 is 0 Å². The van der Waals surface area contributed by atoms with Crippen LogP contribution in [0.3, 0.4) is 0 Å². The van der Waals surface area contributed by atoms with Crippen LogP contribution in [0.5, 0.6) is 0 Å². The highest BCUT2D eigenvalue weighted by Crippen LogP contribution is 2.32. The van der Waals surface area contributed by atoms with Gasteiger partial charge in [0.2, 0.25) is 0 Å². The molecule has 4 heteroatoms. The van der Waals surface area contributed by atoms with Crippen molar-refractivity contribution in [3.8, 4) is 0 Å². The van der Waals surface area contributed by atoms with Crippen molar-refractivity contribution in [3.63, 3.8) is 0 Å². The van der Waals surface area contributed by atoms with Crippen LogP contribution in [-0.4, -0.2) is 18.1 Å². The number of anilines is 1. The molecule has 0 saturated heterocycles. The predicted molar refractivity (Wildman–Crippen MR) is 88.9 cm³/mol. The summed E-state index contributed by atoms with van der Waals surface area (Å²) in [7, 11) is 1.66. The number of methoxy groups -OCH3 is 1. The van der Waals surface area contributed by atoms with E-state index in [0.29, 0.717) is 17.7 Å². The molecule has 0 unspecified atom stereocenters. The topological polar surface area (TPSA) is 34.2 Å². The lowest BCUT2D eigenvalue weighted by Gasteiger charge is -2.30. The number of ether oxygens (including phenoxy) is 1. The molecular weight excluding hydrogens is 284 g/mol. The summed E-state index contributed by atoms with van der Waals surface area (Å²) in [6.45, 7) is 2.73. The molecule has 118 valence electrons. The first-order chi connectivity index (χ1) is 10.2. The van der Waals surface area contributed by atoms with Crippen molar-refractivity contribution < 1.29 is 4.74 Å². The maximum atomic E-state index is 6.40. The molecule has 0 atom stereocenters. The van der Waals surface area contributed by atoms with Crippen LogP contribution in [0.1, 0.15) is 57.6 Å². The quantitative estimate of drug-likeness (QED) is 0.766. The summed E-state index contributed by atoms with van der Waals surface area (Å²) in [6.07, 6.45) is 11.1. The number of aromatic nitrogens is 1. The molecule has 1 aromatic rings. The molecule has 0 aromatic carbocycles. The van der Waals surface area contributed by atoms with Crippen molar-refractivity contribution in [2.45, 2.75) is 64.5 Å². The van der Waals surface area contributed by atoms with Crippen LogP contribution in [0, 0.1) is 5.92 Å². The Bertz CT molecular complexity index is 431. The van der Waals surface area contributed by atoms with Gasteiger partial charge in [0, 0.05) is 19.3 Å². The van der Waals surface area contributed by atoms with Gasteiger partial charge in [-0.3, -0.25) is 4.98 Å². The van der Waals surface area contributed by atoms with E-state index in [1.54, 1.807) is 13.3 Å². The Morgan fingerprint density at radius 3 is 2.76 bits per heavy atom. The fraction of sp³-hybridized carbons (Fsp3) is 0.706. The third-order valence-electron chi connectivity index (χ3n) is 4.41. The molecular formula is C17H27ClN2O. The van der Waals surface area contributed by atoms with Crippen LogP contribution in [0.25, 0.3) is 0 Å². The number of nitrogens with zero attached hydrogens (tertiary/aromatic N) is 1. The van der Waals surface area contributed by atoms with E-state index >= 15 is 0 Å². The number of pyridine rings is 1. The van der Waals surface area contributed by atoms with E-state index in [1.807, 2.05) is 6.07 Å². The monoisotopic (exact) mass is 310 g/mol. The van der Waals surface area contributed by atoms with Crippen LogP contribution in [-0.2, 0) is 11.3 Å². The summed E-state index contributed by atoms with van der Waals surface area (Å²) in [4.78, 5) is 4.27. The molecule has 0 amide bonds. The Morgan fingerprint density at radius 1 is 1.33 bits per heavy atom. The van der Waals surface area contributed by atoms with Crippen LogP contribution >= 0.6 is 11.6 Å². The zero-order valence-corrected chi connectivity index (χ0v) is 14.0. The fourth-order valence-corrected chi connectivity index (χ4v) is 3.36. The molecule has 1 aromatic heterocycles. The zero-order valence-electron chi connectivity index (χ0n) is 13.2. The van der Waals surface area contributed by atoms with Gasteiger partial charge in [0.15, 0.2) is 0 Å². The molecule has 3 nitrogen and oxygen atoms in total. The zero-order chi connectivity index (χ0) is 15.1. The maximum absolute atomic E-state index is 6.40. The number of hydrogen-bond acceptors (Lipinski definition) is 3. The van der Waals surface area contributed by atoms with Crippen LogP contribution in [0.2, 0.25) is 5.02 Å². The molecule has 1 saturated carbocycles. The molecule has 1 heterocycles. The fourth-order valence-electron chi connectivity index (χ4n) is 3.14. The van der Waals surface area contributed by atoms with Crippen LogP contribution < -0.4 is 5.32 Å². The maximum Gasteiger partial charge on any atom is 0.0900 e. The standard InChI is InChI=1S/C17H27ClN2O/c1-3-4-5-13-6-8-14(9-7-13)20-15-10-11-19-16(12-21-2)17(15)18/h10-11,13-14H,3-9,12H2,1-2H3,(H,19,20)/t13-,14+. The molecule has 0 spiro atoms.